The van der Waals surface area contributed by atoms with Crippen molar-refractivity contribution in [3.8, 4) is 0 Å². The molecule has 0 aromatic heterocycles. The first-order chi connectivity index (χ1) is 35.7. The molecular formula is C62H111NO10. The maximum atomic E-state index is 13.0. The molecule has 1 saturated heterocycles. The number of aliphatic hydroxyl groups excluding tert-OH is 5. The summed E-state index contributed by atoms with van der Waals surface area (Å²) in [6.07, 6.45) is 56.4. The summed E-state index contributed by atoms with van der Waals surface area (Å²) >= 11 is 0. The van der Waals surface area contributed by atoms with E-state index < -0.39 is 49.5 Å². The molecule has 1 fully saturated rings. The van der Waals surface area contributed by atoms with Gasteiger partial charge in [-0.1, -0.05) is 203 Å². The second kappa shape index (κ2) is 51.5. The Balaban J connectivity index is 2.01. The van der Waals surface area contributed by atoms with Gasteiger partial charge in [-0.2, -0.15) is 0 Å². The molecule has 1 heterocycles. The zero-order chi connectivity index (χ0) is 53.1. The van der Waals surface area contributed by atoms with Crippen LogP contribution in [0.5, 0.6) is 0 Å². The van der Waals surface area contributed by atoms with E-state index in [0.29, 0.717) is 19.4 Å². The van der Waals surface area contributed by atoms with E-state index in [2.05, 4.69) is 54.8 Å². The summed E-state index contributed by atoms with van der Waals surface area (Å²) in [5, 5.41) is 54.1. The molecule has 1 rings (SSSR count). The number of hydrogen-bond acceptors (Lipinski definition) is 10. The predicted molar refractivity (Wildman–Crippen MR) is 301 cm³/mol. The Hall–Kier alpha value is -2.64. The number of ether oxygens (including phenoxy) is 3. The zero-order valence-corrected chi connectivity index (χ0v) is 46.6. The fourth-order valence-corrected chi connectivity index (χ4v) is 9.11. The maximum Gasteiger partial charge on any atom is 0.305 e. The van der Waals surface area contributed by atoms with Crippen molar-refractivity contribution in [1.29, 1.82) is 0 Å². The number of nitrogens with one attached hydrogen (secondary N) is 1. The average molecular weight is 1030 g/mol. The number of hydrogen-bond donors (Lipinski definition) is 6. The summed E-state index contributed by atoms with van der Waals surface area (Å²) in [5.41, 5.74) is 0. The Morgan fingerprint density at radius 3 is 1.44 bits per heavy atom. The molecule has 11 heteroatoms. The van der Waals surface area contributed by atoms with Crippen molar-refractivity contribution >= 4 is 11.9 Å². The molecule has 1 amide bonds. The van der Waals surface area contributed by atoms with Crippen LogP contribution in [-0.4, -0.2) is 100 Å². The lowest BCUT2D eigenvalue weighted by Crippen LogP contribution is -2.60. The number of rotatable bonds is 51. The van der Waals surface area contributed by atoms with Gasteiger partial charge in [0.1, 0.15) is 24.4 Å². The molecule has 424 valence electrons. The van der Waals surface area contributed by atoms with Crippen LogP contribution in [0.1, 0.15) is 258 Å². The smallest absolute Gasteiger partial charge is 0.305 e. The number of amides is 1. The quantitative estimate of drug-likeness (QED) is 0.0195. The van der Waals surface area contributed by atoms with Crippen molar-refractivity contribution in [2.24, 2.45) is 0 Å². The Labute approximate surface area is 446 Å². The monoisotopic (exact) mass is 1030 g/mol. The van der Waals surface area contributed by atoms with Crippen LogP contribution in [0.25, 0.3) is 0 Å². The van der Waals surface area contributed by atoms with Gasteiger partial charge in [0.2, 0.25) is 5.91 Å². The fourth-order valence-electron chi connectivity index (χ4n) is 9.11. The van der Waals surface area contributed by atoms with Crippen LogP contribution in [0.4, 0.5) is 0 Å². The molecule has 0 aromatic carbocycles. The van der Waals surface area contributed by atoms with Crippen LogP contribution in [0.2, 0.25) is 0 Å². The SMILES string of the molecule is C/C=C/CC/C=C/CC/C=C/C(O)C(COC1OC(CO)C(O)C(O)C1O)NC(=O)CCCCCCCCCC/C=C\CCCCCCCCCCCCCCOC(=O)CCCCCCC/C=C\CCCCC. The molecule has 0 saturated carbocycles. The maximum absolute atomic E-state index is 13.0. The van der Waals surface area contributed by atoms with Gasteiger partial charge in [-0.15, -0.1) is 0 Å². The van der Waals surface area contributed by atoms with E-state index in [1.54, 1.807) is 6.08 Å². The molecule has 0 aliphatic carbocycles. The van der Waals surface area contributed by atoms with Gasteiger partial charge in [0.25, 0.3) is 0 Å². The van der Waals surface area contributed by atoms with Crippen molar-refractivity contribution in [2.75, 3.05) is 19.8 Å². The molecule has 73 heavy (non-hydrogen) atoms. The second-order valence-corrected chi connectivity index (χ2v) is 20.7. The second-order valence-electron chi connectivity index (χ2n) is 20.7. The van der Waals surface area contributed by atoms with Gasteiger partial charge in [0, 0.05) is 12.8 Å². The molecule has 1 aliphatic rings. The van der Waals surface area contributed by atoms with E-state index in [1.807, 2.05) is 19.1 Å². The van der Waals surface area contributed by atoms with E-state index in [4.69, 9.17) is 14.2 Å². The average Bonchev–Trinajstić information content (AvgIpc) is 3.39. The highest BCUT2D eigenvalue weighted by Crippen LogP contribution is 2.23. The van der Waals surface area contributed by atoms with Crippen LogP contribution >= 0.6 is 0 Å². The highest BCUT2D eigenvalue weighted by atomic mass is 16.7. The van der Waals surface area contributed by atoms with E-state index in [0.717, 1.165) is 77.0 Å². The van der Waals surface area contributed by atoms with Gasteiger partial charge >= 0.3 is 5.97 Å². The van der Waals surface area contributed by atoms with E-state index in [1.165, 1.54) is 154 Å². The van der Waals surface area contributed by atoms with Crippen molar-refractivity contribution in [3.05, 3.63) is 60.8 Å². The van der Waals surface area contributed by atoms with Gasteiger partial charge in [0.05, 0.1) is 32.0 Å². The molecule has 0 radical (unpaired) electrons. The molecule has 7 atom stereocenters. The predicted octanol–water partition coefficient (Wildman–Crippen LogP) is 13.8. The first kappa shape index (κ1) is 68.4. The summed E-state index contributed by atoms with van der Waals surface area (Å²) in [4.78, 5) is 25.0. The number of allylic oxidation sites excluding steroid dienone is 9. The number of carbonyl (C=O) groups is 2. The Morgan fingerprint density at radius 2 is 0.945 bits per heavy atom. The third-order valence-electron chi connectivity index (χ3n) is 13.9. The summed E-state index contributed by atoms with van der Waals surface area (Å²) in [6.45, 7) is 4.05. The molecule has 11 nitrogen and oxygen atoms in total. The summed E-state index contributed by atoms with van der Waals surface area (Å²) in [6, 6.07) is -0.837. The van der Waals surface area contributed by atoms with Crippen molar-refractivity contribution in [2.45, 2.75) is 301 Å². The molecular weight excluding hydrogens is 919 g/mol. The standard InChI is InChI=1S/C62H111NO10/c1-3-5-7-9-11-13-14-30-34-38-42-46-50-58(67)71-51-47-43-39-35-31-28-26-24-22-20-18-16-15-17-19-21-23-25-27-29-33-37-41-45-49-57(66)63-54(55(65)48-44-40-36-32-12-10-8-6-4-2)53-72-62-61(70)60(69)59(68)56(52-64)73-62/h4,6,11-13,17,19,32,44,48,54-56,59-62,64-65,68-70H,3,5,7-10,14-16,18,20-31,33-43,45-47,49-53H2,1-2H3,(H,63,66)/b6-4+,13-11-,19-17-,32-12+,48-44+. The largest absolute Gasteiger partial charge is 0.466 e. The number of carbonyl (C=O) groups excluding carboxylic acids is 2. The topological polar surface area (TPSA) is 175 Å². The lowest BCUT2D eigenvalue weighted by Gasteiger charge is -2.40. The van der Waals surface area contributed by atoms with Gasteiger partial charge in [-0.25, -0.2) is 0 Å². The van der Waals surface area contributed by atoms with Crippen molar-refractivity contribution in [1.82, 2.24) is 5.32 Å². The normalized spacial score (nSPS) is 19.4. The van der Waals surface area contributed by atoms with Crippen molar-refractivity contribution in [3.63, 3.8) is 0 Å². The fraction of sp³-hybridized carbons (Fsp3) is 0.806. The summed E-state index contributed by atoms with van der Waals surface area (Å²) in [7, 11) is 0. The van der Waals surface area contributed by atoms with Gasteiger partial charge in [0.15, 0.2) is 6.29 Å². The third kappa shape index (κ3) is 41.2. The highest BCUT2D eigenvalue weighted by Gasteiger charge is 2.44. The number of aliphatic hydroxyl groups is 5. The minimum Gasteiger partial charge on any atom is -0.466 e. The molecule has 0 bridgehead atoms. The first-order valence-corrected chi connectivity index (χ1v) is 30.0. The molecule has 6 N–H and O–H groups in total. The Kier molecular flexibility index (Phi) is 48.2. The Bertz CT molecular complexity index is 1400. The molecule has 0 aromatic rings. The highest BCUT2D eigenvalue weighted by molar-refractivity contribution is 5.76. The van der Waals surface area contributed by atoms with E-state index >= 15 is 0 Å². The Morgan fingerprint density at radius 1 is 0.521 bits per heavy atom. The minimum atomic E-state index is -1.58. The molecule has 7 unspecified atom stereocenters. The van der Waals surface area contributed by atoms with Gasteiger partial charge in [-0.3, -0.25) is 9.59 Å². The first-order valence-electron chi connectivity index (χ1n) is 30.0. The summed E-state index contributed by atoms with van der Waals surface area (Å²) in [5.74, 6) is -0.215. The van der Waals surface area contributed by atoms with Crippen LogP contribution in [-0.2, 0) is 23.8 Å². The lowest BCUT2D eigenvalue weighted by molar-refractivity contribution is -0.302. The minimum absolute atomic E-state index is 0.0104. The van der Waals surface area contributed by atoms with Crippen molar-refractivity contribution < 1.29 is 49.3 Å². The number of esters is 1. The molecule has 1 aliphatic heterocycles. The number of unbranched alkanes of at least 4 members (excludes halogenated alkanes) is 30. The van der Waals surface area contributed by atoms with Gasteiger partial charge < -0.3 is 45.1 Å². The van der Waals surface area contributed by atoms with Crippen LogP contribution in [0.3, 0.4) is 0 Å². The van der Waals surface area contributed by atoms with Crippen LogP contribution in [0, 0.1) is 0 Å². The van der Waals surface area contributed by atoms with E-state index in [-0.39, 0.29) is 18.5 Å². The van der Waals surface area contributed by atoms with Crippen LogP contribution < -0.4 is 5.32 Å². The summed E-state index contributed by atoms with van der Waals surface area (Å²) < 4.78 is 16.6. The van der Waals surface area contributed by atoms with E-state index in [9.17, 15) is 35.1 Å². The third-order valence-corrected chi connectivity index (χ3v) is 13.9. The molecule has 0 spiro atoms. The zero-order valence-electron chi connectivity index (χ0n) is 46.6. The lowest BCUT2D eigenvalue weighted by atomic mass is 9.99. The van der Waals surface area contributed by atoms with Gasteiger partial charge in [-0.05, 0) is 103 Å². The van der Waals surface area contributed by atoms with Crippen LogP contribution in [0.15, 0.2) is 60.8 Å².